The second-order valence-electron chi connectivity index (χ2n) is 10.1. The van der Waals surface area contributed by atoms with Crippen molar-refractivity contribution in [2.24, 2.45) is 0 Å². The highest BCUT2D eigenvalue weighted by Gasteiger charge is 2.45. The fraction of sp³-hybridized carbons (Fsp3) is 0.538. The van der Waals surface area contributed by atoms with Gasteiger partial charge in [-0.3, -0.25) is 9.78 Å². The number of pyridine rings is 1. The van der Waals surface area contributed by atoms with Crippen LogP contribution in [0.3, 0.4) is 0 Å². The number of fused-ring (bicyclic) bond motifs is 1. The van der Waals surface area contributed by atoms with Crippen molar-refractivity contribution in [3.05, 3.63) is 36.3 Å². The maximum Gasteiger partial charge on any atom is 0.290 e. The number of aromatic nitrogens is 4. The first-order valence-electron chi connectivity index (χ1n) is 13.0. The van der Waals surface area contributed by atoms with Gasteiger partial charge in [0.1, 0.15) is 17.7 Å². The summed E-state index contributed by atoms with van der Waals surface area (Å²) in [5, 5.41) is 10.6. The molecule has 5 heterocycles. The Morgan fingerprint density at radius 1 is 1.21 bits per heavy atom. The zero-order valence-electron chi connectivity index (χ0n) is 22.3. The molecule has 2 aliphatic rings. The largest absolute Gasteiger partial charge is 0.375 e. The van der Waals surface area contributed by atoms with Gasteiger partial charge >= 0.3 is 0 Å². The van der Waals surface area contributed by atoms with Crippen LogP contribution in [0.15, 0.2) is 30.7 Å². The number of hydrogen-bond acceptors (Lipinski definition) is 8. The average Bonchev–Trinajstić information content (AvgIpc) is 3.22. The number of carbonyl (C=O) groups is 1. The topological polar surface area (TPSA) is 109 Å². The highest BCUT2D eigenvalue weighted by atomic mass is 35.5. The number of piperidine rings is 2. The van der Waals surface area contributed by atoms with E-state index in [2.05, 4.69) is 30.9 Å². The molecule has 0 radical (unpaired) electrons. The molecule has 3 aromatic heterocycles. The lowest BCUT2D eigenvalue weighted by molar-refractivity contribution is -0.129. The number of amides is 1. The lowest BCUT2D eigenvalue weighted by atomic mass is 10.0. The number of alkyl halides is 2. The summed E-state index contributed by atoms with van der Waals surface area (Å²) in [4.78, 5) is 28.2. The maximum absolute atomic E-state index is 14.6. The van der Waals surface area contributed by atoms with Gasteiger partial charge in [-0.15, -0.1) is 12.4 Å². The fourth-order valence-electron chi connectivity index (χ4n) is 5.34. The van der Waals surface area contributed by atoms with E-state index in [1.807, 2.05) is 24.5 Å². The molecule has 2 saturated heterocycles. The predicted molar refractivity (Wildman–Crippen MR) is 149 cm³/mol. The molecule has 1 amide bonds. The summed E-state index contributed by atoms with van der Waals surface area (Å²) in [6.45, 7) is 5.60. The first-order valence-corrected chi connectivity index (χ1v) is 13.0. The summed E-state index contributed by atoms with van der Waals surface area (Å²) in [6, 6.07) is 3.64. The molecular weight excluding hydrogens is 530 g/mol. The molecule has 1 unspecified atom stereocenters. The Hall–Kier alpha value is -3.09. The first kappa shape index (κ1) is 28.9. The van der Waals surface area contributed by atoms with Gasteiger partial charge in [-0.2, -0.15) is 4.98 Å². The van der Waals surface area contributed by atoms with Crippen LogP contribution in [0.5, 0.6) is 0 Å². The summed E-state index contributed by atoms with van der Waals surface area (Å²) < 4.78 is 36.1. The van der Waals surface area contributed by atoms with E-state index in [0.717, 1.165) is 36.8 Å². The second kappa shape index (κ2) is 12.0. The summed E-state index contributed by atoms with van der Waals surface area (Å²) in [5.74, 6) is -2.04. The molecule has 2 fully saturated rings. The van der Waals surface area contributed by atoms with Crippen LogP contribution in [0.1, 0.15) is 49.5 Å². The van der Waals surface area contributed by atoms with Gasteiger partial charge < -0.3 is 30.2 Å². The summed E-state index contributed by atoms with van der Waals surface area (Å²) in [6.07, 6.45) is 5.68. The molecule has 39 heavy (non-hydrogen) atoms. The monoisotopic (exact) mass is 564 g/mol. The molecule has 212 valence electrons. The molecular formula is C26H35ClF2N8O2. The van der Waals surface area contributed by atoms with E-state index in [-0.39, 0.29) is 42.8 Å². The molecule has 0 bridgehead atoms. The van der Waals surface area contributed by atoms with E-state index in [4.69, 9.17) is 4.74 Å². The zero-order valence-corrected chi connectivity index (χ0v) is 23.1. The summed E-state index contributed by atoms with van der Waals surface area (Å²) in [7, 11) is 1.30. The van der Waals surface area contributed by atoms with Crippen molar-refractivity contribution >= 4 is 46.8 Å². The van der Waals surface area contributed by atoms with Crippen LogP contribution in [0.25, 0.3) is 10.9 Å². The van der Waals surface area contributed by atoms with Gasteiger partial charge in [0.15, 0.2) is 0 Å². The summed E-state index contributed by atoms with van der Waals surface area (Å²) >= 11 is 0. The first-order chi connectivity index (χ1) is 18.3. The van der Waals surface area contributed by atoms with E-state index in [1.165, 1.54) is 18.2 Å². The highest BCUT2D eigenvalue weighted by molar-refractivity contribution is 6.12. The number of methoxy groups -OCH3 is 1. The van der Waals surface area contributed by atoms with E-state index < -0.39 is 18.6 Å². The number of nitrogens with one attached hydrogen (secondary N) is 3. The van der Waals surface area contributed by atoms with Gasteiger partial charge in [-0.05, 0) is 58.3 Å². The fourth-order valence-corrected chi connectivity index (χ4v) is 5.34. The van der Waals surface area contributed by atoms with E-state index >= 15 is 0 Å². The standard InChI is InChI=1S/C26H34F2N8O2.ClH/c1-16(2)36-19-6-11-30-14-18(19)22(24(37)32-17-4-9-29-10-5-17)23(36)33-21-7-12-31-25(34-21)35-13-8-20(38-3)26(27,28)15-35;/h6-7,11-12,14,16-17,20,29H,4-5,8-10,13,15H2,1-3H3,(H,32,37)(H,31,33,34);1H. The molecule has 10 nitrogen and oxygen atoms in total. The van der Waals surface area contributed by atoms with Crippen LogP contribution < -0.4 is 20.9 Å². The van der Waals surface area contributed by atoms with Gasteiger partial charge in [0, 0.05) is 49.7 Å². The quantitative estimate of drug-likeness (QED) is 0.396. The SMILES string of the molecule is COC1CCN(c2nccc(Nc3c(C(=O)NC4CCNCC4)c4cnccc4n3C(C)C)n2)CC1(F)F.Cl. The van der Waals surface area contributed by atoms with Crippen molar-refractivity contribution in [3.63, 3.8) is 0 Å². The van der Waals surface area contributed by atoms with E-state index in [9.17, 15) is 13.6 Å². The minimum atomic E-state index is -3.02. The minimum Gasteiger partial charge on any atom is -0.375 e. The molecule has 3 aromatic rings. The van der Waals surface area contributed by atoms with Crippen molar-refractivity contribution in [1.82, 2.24) is 30.2 Å². The lowest BCUT2D eigenvalue weighted by Crippen LogP contribution is -2.52. The number of halogens is 3. The number of hydrogen-bond donors (Lipinski definition) is 3. The Balaban J connectivity index is 0.00000353. The van der Waals surface area contributed by atoms with Crippen LogP contribution in [-0.4, -0.2) is 76.8 Å². The maximum atomic E-state index is 14.6. The van der Waals surface area contributed by atoms with Gasteiger partial charge in [0.25, 0.3) is 11.8 Å². The van der Waals surface area contributed by atoms with Crippen molar-refractivity contribution in [1.29, 1.82) is 0 Å². The number of rotatable bonds is 7. The zero-order chi connectivity index (χ0) is 26.9. The Kier molecular flexibility index (Phi) is 8.87. The summed E-state index contributed by atoms with van der Waals surface area (Å²) in [5.41, 5.74) is 1.34. The number of nitrogens with zero attached hydrogens (tertiary/aromatic N) is 5. The number of anilines is 3. The molecule has 0 saturated carbocycles. The highest BCUT2D eigenvalue weighted by Crippen LogP contribution is 2.35. The Labute approximate surface area is 232 Å². The molecule has 3 N–H and O–H groups in total. The van der Waals surface area contributed by atoms with Gasteiger partial charge in [-0.25, -0.2) is 13.8 Å². The third-order valence-electron chi connectivity index (χ3n) is 7.21. The van der Waals surface area contributed by atoms with Crippen molar-refractivity contribution in [2.75, 3.05) is 43.5 Å². The van der Waals surface area contributed by atoms with Gasteiger partial charge in [0.05, 0.1) is 17.6 Å². The average molecular weight is 565 g/mol. The Morgan fingerprint density at radius 2 is 1.97 bits per heavy atom. The number of carbonyl (C=O) groups excluding carboxylic acids is 1. The van der Waals surface area contributed by atoms with Crippen LogP contribution >= 0.6 is 12.4 Å². The van der Waals surface area contributed by atoms with Crippen molar-refractivity contribution in [3.8, 4) is 0 Å². The molecule has 0 aromatic carbocycles. The van der Waals surface area contributed by atoms with Crippen LogP contribution in [0.2, 0.25) is 0 Å². The molecule has 13 heteroatoms. The van der Waals surface area contributed by atoms with E-state index in [0.29, 0.717) is 23.7 Å². The Morgan fingerprint density at radius 3 is 2.67 bits per heavy atom. The van der Waals surface area contributed by atoms with E-state index in [1.54, 1.807) is 18.5 Å². The number of ether oxygens (including phenoxy) is 1. The van der Waals surface area contributed by atoms with Crippen molar-refractivity contribution < 1.29 is 18.3 Å². The van der Waals surface area contributed by atoms with Crippen LogP contribution in [-0.2, 0) is 4.74 Å². The lowest BCUT2D eigenvalue weighted by Gasteiger charge is -2.37. The van der Waals surface area contributed by atoms with Gasteiger partial charge in [0.2, 0.25) is 5.95 Å². The Bertz CT molecular complexity index is 1300. The van der Waals surface area contributed by atoms with Crippen molar-refractivity contribution in [2.45, 2.75) is 57.2 Å². The second-order valence-corrected chi connectivity index (χ2v) is 10.1. The minimum absolute atomic E-state index is 0. The normalized spacial score (nSPS) is 19.6. The van der Waals surface area contributed by atoms with Crippen LogP contribution in [0.4, 0.5) is 26.4 Å². The predicted octanol–water partition coefficient (Wildman–Crippen LogP) is 3.91. The van der Waals surface area contributed by atoms with Gasteiger partial charge in [-0.1, -0.05) is 0 Å². The molecule has 1 atom stereocenters. The molecule has 0 spiro atoms. The third-order valence-corrected chi connectivity index (χ3v) is 7.21. The molecule has 0 aliphatic carbocycles. The third kappa shape index (κ3) is 5.92. The molecule has 2 aliphatic heterocycles. The van der Waals surface area contributed by atoms with Crippen LogP contribution in [0, 0.1) is 0 Å². The smallest absolute Gasteiger partial charge is 0.290 e. The molecule has 5 rings (SSSR count).